The Morgan fingerprint density at radius 2 is 1.76 bits per heavy atom. The van der Waals surface area contributed by atoms with E-state index in [1.807, 2.05) is 0 Å². The first-order valence-corrected chi connectivity index (χ1v) is 5.28. The second-order valence-corrected chi connectivity index (χ2v) is 5.12. The van der Waals surface area contributed by atoms with Crippen molar-refractivity contribution in [2.24, 2.45) is 10.8 Å². The van der Waals surface area contributed by atoms with E-state index in [1.165, 1.54) is 0 Å². The van der Waals surface area contributed by atoms with Crippen LogP contribution in [0.15, 0.2) is 0 Å². The van der Waals surface area contributed by atoms with Gasteiger partial charge in [-0.25, -0.2) is 0 Å². The number of hydrogen-bond donors (Lipinski definition) is 2. The molecule has 0 aliphatic heterocycles. The minimum absolute atomic E-state index is 0.0476. The van der Waals surface area contributed by atoms with E-state index in [-0.39, 0.29) is 12.0 Å². The summed E-state index contributed by atoms with van der Waals surface area (Å²) in [7, 11) is 0. The molecule has 3 saturated carbocycles. The fourth-order valence-corrected chi connectivity index (χ4v) is 3.03. The first kappa shape index (κ1) is 12.2. The number of hydrogen-bond acceptors (Lipinski definition) is 2. The van der Waals surface area contributed by atoms with Gasteiger partial charge in [0.05, 0.1) is 5.41 Å². The summed E-state index contributed by atoms with van der Waals surface area (Å²) in [6.07, 6.45) is -2.85. The van der Waals surface area contributed by atoms with Gasteiger partial charge in [-0.05, 0) is 31.1 Å². The molecule has 0 spiro atoms. The van der Waals surface area contributed by atoms with Crippen molar-refractivity contribution in [2.45, 2.75) is 31.9 Å². The number of carboxylic acids is 1. The van der Waals surface area contributed by atoms with Crippen molar-refractivity contribution in [1.29, 1.82) is 0 Å². The predicted octanol–water partition coefficient (Wildman–Crippen LogP) is 1.31. The van der Waals surface area contributed by atoms with E-state index in [0.29, 0.717) is 25.7 Å². The van der Waals surface area contributed by atoms with E-state index in [0.717, 1.165) is 0 Å². The Kier molecular flexibility index (Phi) is 2.41. The van der Waals surface area contributed by atoms with Gasteiger partial charge in [0, 0.05) is 6.54 Å². The van der Waals surface area contributed by atoms with Crippen LogP contribution in [0.2, 0.25) is 0 Å². The van der Waals surface area contributed by atoms with E-state index in [1.54, 1.807) is 5.32 Å². The van der Waals surface area contributed by atoms with Crippen LogP contribution >= 0.6 is 0 Å². The van der Waals surface area contributed by atoms with Crippen molar-refractivity contribution in [3.8, 4) is 0 Å². The van der Waals surface area contributed by atoms with Crippen LogP contribution in [0.5, 0.6) is 0 Å². The number of alkyl halides is 3. The quantitative estimate of drug-likeness (QED) is 0.791. The summed E-state index contributed by atoms with van der Waals surface area (Å²) >= 11 is 0. The highest BCUT2D eigenvalue weighted by molar-refractivity contribution is 5.81. The Morgan fingerprint density at radius 1 is 1.24 bits per heavy atom. The maximum absolute atomic E-state index is 11.9. The van der Waals surface area contributed by atoms with Gasteiger partial charge < -0.3 is 10.4 Å². The number of nitrogens with one attached hydrogen (secondary N) is 1. The topological polar surface area (TPSA) is 66.4 Å². The fraction of sp³-hybridized carbons (Fsp3) is 0.800. The van der Waals surface area contributed by atoms with Gasteiger partial charge in [0.1, 0.15) is 0 Å². The van der Waals surface area contributed by atoms with Crippen molar-refractivity contribution in [2.75, 3.05) is 6.54 Å². The van der Waals surface area contributed by atoms with E-state index in [9.17, 15) is 22.8 Å². The average molecular weight is 251 g/mol. The molecule has 17 heavy (non-hydrogen) atoms. The number of rotatable bonds is 4. The molecule has 0 unspecified atom stereocenters. The van der Waals surface area contributed by atoms with Gasteiger partial charge >= 0.3 is 18.1 Å². The maximum atomic E-state index is 11.9. The smallest absolute Gasteiger partial charge is 0.471 e. The lowest BCUT2D eigenvalue weighted by Gasteiger charge is -2.68. The number of amides is 1. The molecule has 2 N–H and O–H groups in total. The molecule has 1 amide bonds. The van der Waals surface area contributed by atoms with Crippen molar-refractivity contribution >= 4 is 11.9 Å². The van der Waals surface area contributed by atoms with Gasteiger partial charge in [-0.2, -0.15) is 13.2 Å². The molecule has 0 aromatic carbocycles. The summed E-state index contributed by atoms with van der Waals surface area (Å²) in [6.45, 7) is -0.0476. The van der Waals surface area contributed by atoms with Gasteiger partial charge in [0.2, 0.25) is 0 Å². The molecule has 0 saturated heterocycles. The van der Waals surface area contributed by atoms with Gasteiger partial charge in [0.25, 0.3) is 0 Å². The summed E-state index contributed by atoms with van der Waals surface area (Å²) in [6, 6.07) is 0. The van der Waals surface area contributed by atoms with Crippen molar-refractivity contribution in [1.82, 2.24) is 5.32 Å². The Hall–Kier alpha value is -1.27. The van der Waals surface area contributed by atoms with Gasteiger partial charge in [-0.1, -0.05) is 0 Å². The molecule has 0 aromatic heterocycles. The standard InChI is InChI=1S/C10H12F3NO3/c11-10(12,13)6(15)14-2-1-8-3-9(4-8,5-8)7(16)17/h1-5H2,(H,14,15)(H,16,17). The highest BCUT2D eigenvalue weighted by Gasteiger charge is 2.71. The van der Waals surface area contributed by atoms with Crippen molar-refractivity contribution in [3.05, 3.63) is 0 Å². The minimum Gasteiger partial charge on any atom is -0.481 e. The zero-order valence-corrected chi connectivity index (χ0v) is 8.93. The molecule has 4 nitrogen and oxygen atoms in total. The maximum Gasteiger partial charge on any atom is 0.471 e. The van der Waals surface area contributed by atoms with Gasteiger partial charge in [-0.3, -0.25) is 9.59 Å². The van der Waals surface area contributed by atoms with E-state index in [4.69, 9.17) is 5.11 Å². The Morgan fingerprint density at radius 3 is 2.18 bits per heavy atom. The molecule has 7 heteroatoms. The van der Waals surface area contributed by atoms with Crippen LogP contribution in [0.4, 0.5) is 13.2 Å². The van der Waals surface area contributed by atoms with Crippen LogP contribution in [-0.4, -0.2) is 29.7 Å². The number of carboxylic acid groups (broad SMARTS) is 1. The summed E-state index contributed by atoms with van der Waals surface area (Å²) in [5.74, 6) is -2.75. The molecule has 3 rings (SSSR count). The third-order valence-electron chi connectivity index (χ3n) is 3.79. The molecule has 0 radical (unpaired) electrons. The molecule has 96 valence electrons. The average Bonchev–Trinajstić information content (AvgIpc) is 2.03. The van der Waals surface area contributed by atoms with Crippen LogP contribution in [0.1, 0.15) is 25.7 Å². The molecular formula is C10H12F3NO3. The molecule has 3 aliphatic carbocycles. The van der Waals surface area contributed by atoms with Gasteiger partial charge in [-0.15, -0.1) is 0 Å². The number of carbonyl (C=O) groups is 2. The molecular weight excluding hydrogens is 239 g/mol. The monoisotopic (exact) mass is 251 g/mol. The zero-order chi connectivity index (χ0) is 12.9. The van der Waals surface area contributed by atoms with Crippen LogP contribution in [-0.2, 0) is 9.59 Å². The molecule has 3 fully saturated rings. The van der Waals surface area contributed by atoms with Crippen LogP contribution in [0.25, 0.3) is 0 Å². The Balaban J connectivity index is 1.70. The molecule has 2 bridgehead atoms. The number of halogens is 3. The summed E-state index contributed by atoms with van der Waals surface area (Å²) < 4.78 is 35.6. The Labute approximate surface area is 95.2 Å². The van der Waals surface area contributed by atoms with Crippen LogP contribution < -0.4 is 5.32 Å². The Bertz CT molecular complexity index is 358. The number of aliphatic carboxylic acids is 1. The lowest BCUT2D eigenvalue weighted by molar-refractivity contribution is -0.224. The number of carbonyl (C=O) groups excluding carboxylic acids is 1. The largest absolute Gasteiger partial charge is 0.481 e. The SMILES string of the molecule is O=C(NCCC12CC(C(=O)O)(C1)C2)C(F)(F)F. The lowest BCUT2D eigenvalue weighted by Crippen LogP contribution is -2.65. The summed E-state index contributed by atoms with van der Waals surface area (Å²) in [5.41, 5.74) is -0.759. The third kappa shape index (κ3) is 1.87. The molecule has 0 aromatic rings. The zero-order valence-electron chi connectivity index (χ0n) is 8.93. The van der Waals surface area contributed by atoms with E-state index < -0.39 is 23.5 Å². The second-order valence-electron chi connectivity index (χ2n) is 5.12. The van der Waals surface area contributed by atoms with Crippen molar-refractivity contribution < 1.29 is 27.9 Å². The normalized spacial score (nSPS) is 34.5. The highest BCUT2D eigenvalue weighted by Crippen LogP contribution is 2.74. The third-order valence-corrected chi connectivity index (χ3v) is 3.79. The minimum atomic E-state index is -4.85. The lowest BCUT2D eigenvalue weighted by atomic mass is 9.34. The summed E-state index contributed by atoms with van der Waals surface area (Å²) in [5, 5.41) is 10.6. The first-order chi connectivity index (χ1) is 7.69. The summed E-state index contributed by atoms with van der Waals surface area (Å²) in [4.78, 5) is 21.3. The highest BCUT2D eigenvalue weighted by atomic mass is 19.4. The van der Waals surface area contributed by atoms with Crippen LogP contribution in [0, 0.1) is 10.8 Å². The second kappa shape index (κ2) is 3.36. The van der Waals surface area contributed by atoms with Crippen molar-refractivity contribution in [3.63, 3.8) is 0 Å². The predicted molar refractivity (Wildman–Crippen MR) is 50.0 cm³/mol. The van der Waals surface area contributed by atoms with Crippen LogP contribution in [0.3, 0.4) is 0 Å². The van der Waals surface area contributed by atoms with E-state index >= 15 is 0 Å². The molecule has 0 heterocycles. The fourth-order valence-electron chi connectivity index (χ4n) is 3.03. The van der Waals surface area contributed by atoms with Gasteiger partial charge in [0.15, 0.2) is 0 Å². The first-order valence-electron chi connectivity index (χ1n) is 5.28. The molecule has 3 aliphatic rings. The van der Waals surface area contributed by atoms with E-state index in [2.05, 4.69) is 0 Å². The molecule has 0 atom stereocenters.